The van der Waals surface area contributed by atoms with Crippen molar-refractivity contribution in [1.82, 2.24) is 4.90 Å². The van der Waals surface area contributed by atoms with E-state index in [1.54, 1.807) is 0 Å². The van der Waals surface area contributed by atoms with Crippen LogP contribution < -0.4 is 0 Å². The molecule has 0 aromatic rings. The summed E-state index contributed by atoms with van der Waals surface area (Å²) in [5.41, 5.74) is 0.320. The van der Waals surface area contributed by atoms with E-state index in [0.29, 0.717) is 11.8 Å². The first kappa shape index (κ1) is 20.8. The Morgan fingerprint density at radius 1 is 1.36 bits per heavy atom. The summed E-state index contributed by atoms with van der Waals surface area (Å²) >= 11 is 0. The van der Waals surface area contributed by atoms with Gasteiger partial charge in [-0.15, -0.1) is 0 Å². The number of allylic oxidation sites excluding steroid dienone is 5. The number of carbonyl (C=O) groups excluding carboxylic acids is 2. The minimum atomic E-state index is -0.907. The summed E-state index contributed by atoms with van der Waals surface area (Å²) in [6.45, 7) is 7.87. The lowest BCUT2D eigenvalue weighted by Gasteiger charge is -2.52. The van der Waals surface area contributed by atoms with Crippen LogP contribution in [-0.4, -0.2) is 46.5 Å². The first-order valence-electron chi connectivity index (χ1n) is 10.3. The van der Waals surface area contributed by atoms with E-state index < -0.39 is 29.8 Å². The molecule has 5 nitrogen and oxygen atoms in total. The molecule has 0 bridgehead atoms. The van der Waals surface area contributed by atoms with Crippen molar-refractivity contribution in [2.75, 3.05) is 13.7 Å². The molecule has 28 heavy (non-hydrogen) atoms. The number of likely N-dealkylation sites (N-methyl/N-ethyl adjacent to an activating group) is 1. The van der Waals surface area contributed by atoms with E-state index in [9.17, 15) is 19.8 Å². The molecule has 0 aromatic carbocycles. The number of amides is 1. The predicted octanol–water partition coefficient (Wildman–Crippen LogP) is 3.41. The molecule has 0 aromatic heterocycles. The maximum Gasteiger partial charge on any atom is 0.261 e. The quantitative estimate of drug-likeness (QED) is 0.337. The molecular weight excluding hydrogens is 354 g/mol. The van der Waals surface area contributed by atoms with E-state index in [-0.39, 0.29) is 23.2 Å². The molecule has 3 aliphatic rings. The van der Waals surface area contributed by atoms with Gasteiger partial charge in [-0.3, -0.25) is 9.59 Å². The first-order valence-corrected chi connectivity index (χ1v) is 10.3. The Morgan fingerprint density at radius 3 is 2.61 bits per heavy atom. The van der Waals surface area contributed by atoms with Crippen LogP contribution in [0, 0.1) is 29.1 Å². The second-order valence-corrected chi connectivity index (χ2v) is 9.09. The van der Waals surface area contributed by atoms with Crippen molar-refractivity contribution in [3.63, 3.8) is 0 Å². The lowest BCUT2D eigenvalue weighted by atomic mass is 9.52. The van der Waals surface area contributed by atoms with Gasteiger partial charge in [0.1, 0.15) is 17.4 Å². The highest BCUT2D eigenvalue weighted by Crippen LogP contribution is 2.58. The minimum Gasteiger partial charge on any atom is -0.511 e. The van der Waals surface area contributed by atoms with Crippen LogP contribution in [0.25, 0.3) is 0 Å². The maximum atomic E-state index is 12.9. The number of rotatable bonds is 3. The third-order valence-corrected chi connectivity index (χ3v) is 7.40. The molecule has 1 amide bonds. The van der Waals surface area contributed by atoms with Crippen LogP contribution in [-0.2, 0) is 9.59 Å². The third kappa shape index (κ3) is 2.95. The lowest BCUT2D eigenvalue weighted by molar-refractivity contribution is -0.126. The van der Waals surface area contributed by atoms with E-state index in [0.717, 1.165) is 19.3 Å². The topological polar surface area (TPSA) is 77.8 Å². The number of nitrogens with zero attached hydrogens (tertiary/aromatic N) is 1. The predicted molar refractivity (Wildman–Crippen MR) is 108 cm³/mol. The SMILES string of the molecule is C/C=C/[C@H]1C(C)=C[C@@H]2C[C@H](C)CC[C@H]2[C@]1(C)/C(O)=C1/C(=O)[C@@H](CO)N(C)C1=O. The van der Waals surface area contributed by atoms with Gasteiger partial charge in [-0.1, -0.05) is 44.1 Å². The van der Waals surface area contributed by atoms with Crippen LogP contribution in [0.2, 0.25) is 0 Å². The Bertz CT molecular complexity index is 765. The van der Waals surface area contributed by atoms with Crippen molar-refractivity contribution in [3.05, 3.63) is 35.1 Å². The number of aliphatic hydroxyl groups excluding tert-OH is 2. The molecule has 1 aliphatic heterocycles. The Hall–Kier alpha value is -1.88. The molecule has 3 rings (SSSR count). The van der Waals surface area contributed by atoms with Gasteiger partial charge >= 0.3 is 0 Å². The highest BCUT2D eigenvalue weighted by atomic mass is 16.3. The van der Waals surface area contributed by atoms with Crippen LogP contribution >= 0.6 is 0 Å². The number of hydrogen-bond acceptors (Lipinski definition) is 4. The van der Waals surface area contributed by atoms with Crippen LogP contribution in [0.5, 0.6) is 0 Å². The van der Waals surface area contributed by atoms with Gasteiger partial charge in [0.15, 0.2) is 5.78 Å². The van der Waals surface area contributed by atoms with Crippen LogP contribution in [0.3, 0.4) is 0 Å². The molecule has 0 spiro atoms. The summed E-state index contributed by atoms with van der Waals surface area (Å²) < 4.78 is 0. The van der Waals surface area contributed by atoms with Gasteiger partial charge in [0, 0.05) is 18.4 Å². The van der Waals surface area contributed by atoms with Gasteiger partial charge in [-0.05, 0) is 44.4 Å². The number of aliphatic hydroxyl groups is 2. The largest absolute Gasteiger partial charge is 0.511 e. The second kappa shape index (κ2) is 7.51. The van der Waals surface area contributed by atoms with Gasteiger partial charge in [-0.2, -0.15) is 0 Å². The molecule has 1 saturated carbocycles. The average molecular weight is 388 g/mol. The smallest absolute Gasteiger partial charge is 0.261 e. The average Bonchev–Trinajstić information content (AvgIpc) is 2.86. The molecule has 2 fully saturated rings. The maximum absolute atomic E-state index is 12.9. The molecular formula is C23H33NO4. The fraction of sp³-hybridized carbons (Fsp3) is 0.652. The van der Waals surface area contributed by atoms with Crippen LogP contribution in [0.4, 0.5) is 0 Å². The Morgan fingerprint density at radius 2 is 2.04 bits per heavy atom. The van der Waals surface area contributed by atoms with Gasteiger partial charge in [0.2, 0.25) is 0 Å². The summed E-state index contributed by atoms with van der Waals surface area (Å²) in [7, 11) is 1.50. The molecule has 6 atom stereocenters. The summed E-state index contributed by atoms with van der Waals surface area (Å²) in [5, 5.41) is 21.0. The summed E-state index contributed by atoms with van der Waals surface area (Å²) in [4.78, 5) is 26.9. The Labute approximate surface area is 167 Å². The van der Waals surface area contributed by atoms with E-state index >= 15 is 0 Å². The minimum absolute atomic E-state index is 0.0706. The van der Waals surface area contributed by atoms with E-state index in [1.165, 1.54) is 17.5 Å². The van der Waals surface area contributed by atoms with Gasteiger partial charge < -0.3 is 15.1 Å². The number of likely N-dealkylation sites (tertiary alicyclic amines) is 1. The van der Waals surface area contributed by atoms with E-state index in [2.05, 4.69) is 26.0 Å². The summed E-state index contributed by atoms with van der Waals surface area (Å²) in [5.74, 6) is -0.00149. The van der Waals surface area contributed by atoms with Crippen molar-refractivity contribution in [3.8, 4) is 0 Å². The van der Waals surface area contributed by atoms with Crippen LogP contribution in [0.15, 0.2) is 35.1 Å². The first-order chi connectivity index (χ1) is 13.2. The molecule has 2 N–H and O–H groups in total. The monoisotopic (exact) mass is 387 g/mol. The number of fused-ring (bicyclic) bond motifs is 1. The standard InChI is InChI=1S/C23H33NO4/c1-6-7-16-14(3)11-15-10-13(2)8-9-17(15)23(16,4)21(27)19-20(26)18(12-25)24(5)22(19)28/h6-7,11,13,15-18,25,27H,8-10,12H2,1-5H3/b7-6+,21-19+/t13-,15+,16+,17-,18-,23-/m1/s1. The Balaban J connectivity index is 2.19. The van der Waals surface area contributed by atoms with E-state index in [4.69, 9.17) is 0 Å². The zero-order valence-corrected chi connectivity index (χ0v) is 17.6. The molecule has 1 saturated heterocycles. The van der Waals surface area contributed by atoms with E-state index in [1.807, 2.05) is 19.9 Å². The molecule has 1 heterocycles. The van der Waals surface area contributed by atoms with Crippen molar-refractivity contribution in [2.24, 2.45) is 29.1 Å². The fourth-order valence-corrected chi connectivity index (χ4v) is 5.82. The molecule has 0 unspecified atom stereocenters. The Kier molecular flexibility index (Phi) is 5.59. The third-order valence-electron chi connectivity index (χ3n) is 7.40. The molecule has 0 radical (unpaired) electrons. The van der Waals surface area contributed by atoms with Crippen molar-refractivity contribution < 1.29 is 19.8 Å². The van der Waals surface area contributed by atoms with Crippen LogP contribution in [0.1, 0.15) is 47.0 Å². The second-order valence-electron chi connectivity index (χ2n) is 9.09. The van der Waals surface area contributed by atoms with Gasteiger partial charge in [0.25, 0.3) is 5.91 Å². The summed E-state index contributed by atoms with van der Waals surface area (Å²) in [6, 6.07) is -0.907. The van der Waals surface area contributed by atoms with Crippen molar-refractivity contribution in [1.29, 1.82) is 0 Å². The highest BCUT2D eigenvalue weighted by Gasteiger charge is 2.55. The normalized spacial score (nSPS) is 40.7. The number of carbonyl (C=O) groups is 2. The molecule has 154 valence electrons. The fourth-order valence-electron chi connectivity index (χ4n) is 5.82. The zero-order chi connectivity index (χ0) is 20.8. The molecule has 5 heteroatoms. The zero-order valence-electron chi connectivity index (χ0n) is 17.6. The van der Waals surface area contributed by atoms with Crippen molar-refractivity contribution in [2.45, 2.75) is 53.0 Å². The van der Waals surface area contributed by atoms with Gasteiger partial charge in [-0.25, -0.2) is 0 Å². The molecule has 2 aliphatic carbocycles. The summed E-state index contributed by atoms with van der Waals surface area (Å²) in [6.07, 6.45) is 9.49. The number of Topliss-reactive ketones (excluding diaryl/α,β-unsaturated/α-hetero) is 1. The van der Waals surface area contributed by atoms with Gasteiger partial charge in [0.05, 0.1) is 6.61 Å². The number of ketones is 1. The number of hydrogen-bond donors (Lipinski definition) is 2. The highest BCUT2D eigenvalue weighted by molar-refractivity contribution is 6.26. The lowest BCUT2D eigenvalue weighted by Crippen LogP contribution is -2.46. The van der Waals surface area contributed by atoms with Crippen molar-refractivity contribution >= 4 is 11.7 Å².